The number of carbonyl (C=O) groups excluding carboxylic acids is 1. The fourth-order valence-electron chi connectivity index (χ4n) is 4.26. The Kier molecular flexibility index (Phi) is 6.93. The van der Waals surface area contributed by atoms with Gasteiger partial charge >= 0.3 is 0 Å². The number of nitrogens with one attached hydrogen (secondary N) is 1. The number of amides is 1. The molecule has 3 aromatic rings. The summed E-state index contributed by atoms with van der Waals surface area (Å²) in [7, 11) is -2.46. The van der Waals surface area contributed by atoms with E-state index in [0.29, 0.717) is 11.4 Å². The Hall–Kier alpha value is -3.32. The van der Waals surface area contributed by atoms with Crippen LogP contribution in [-0.4, -0.2) is 28.0 Å². The van der Waals surface area contributed by atoms with Gasteiger partial charge in [0.25, 0.3) is 10.0 Å². The number of hydrogen-bond acceptors (Lipinski definition) is 4. The second kappa shape index (κ2) is 9.89. The van der Waals surface area contributed by atoms with Crippen LogP contribution in [0.4, 0.5) is 5.69 Å². The highest BCUT2D eigenvalue weighted by Crippen LogP contribution is 2.27. The maximum atomic E-state index is 13.5. The molecule has 3 aromatic carbocycles. The molecule has 0 fully saturated rings. The zero-order valence-electron chi connectivity index (χ0n) is 19.7. The predicted octanol–water partition coefficient (Wildman–Crippen LogP) is 4.57. The maximum Gasteiger partial charge on any atom is 0.264 e. The topological polar surface area (TPSA) is 75.7 Å². The molecule has 6 nitrogen and oxygen atoms in total. The van der Waals surface area contributed by atoms with E-state index in [0.717, 1.165) is 34.7 Å². The van der Waals surface area contributed by atoms with Gasteiger partial charge in [0.15, 0.2) is 0 Å². The summed E-state index contributed by atoms with van der Waals surface area (Å²) in [6.07, 6.45) is 3.32. The zero-order valence-corrected chi connectivity index (χ0v) is 20.6. The van der Waals surface area contributed by atoms with Crippen LogP contribution >= 0.6 is 0 Å². The van der Waals surface area contributed by atoms with Gasteiger partial charge in [-0.05, 0) is 86.2 Å². The molecule has 0 unspecified atom stereocenters. The van der Waals surface area contributed by atoms with Crippen LogP contribution in [0.15, 0.2) is 71.6 Å². The summed E-state index contributed by atoms with van der Waals surface area (Å²) in [5.41, 5.74) is 5.16. The fourth-order valence-corrected chi connectivity index (χ4v) is 5.68. The molecule has 34 heavy (non-hydrogen) atoms. The van der Waals surface area contributed by atoms with Crippen molar-refractivity contribution in [1.82, 2.24) is 5.32 Å². The molecule has 1 atom stereocenters. The number of sulfonamides is 1. The third kappa shape index (κ3) is 5.09. The second-order valence-corrected chi connectivity index (χ2v) is 10.6. The molecular formula is C27H30N2O4S. The summed E-state index contributed by atoms with van der Waals surface area (Å²) >= 11 is 0. The largest absolute Gasteiger partial charge is 0.497 e. The molecule has 0 saturated carbocycles. The Morgan fingerprint density at radius 3 is 2.35 bits per heavy atom. The van der Waals surface area contributed by atoms with E-state index >= 15 is 0 Å². The van der Waals surface area contributed by atoms with Crippen molar-refractivity contribution in [2.24, 2.45) is 0 Å². The van der Waals surface area contributed by atoms with E-state index < -0.39 is 10.0 Å². The standard InChI is InChI=1S/C27H30N2O4S/c1-19-7-11-24(12-8-19)29(34(31,32)26-15-13-25(33-3)14-16-26)18-27(30)28-20(2)22-10-9-21-5-4-6-23(21)17-22/h7-17,20H,4-6,18H2,1-3H3,(H,28,30)/t20-/m0/s1. The number of anilines is 1. The molecule has 178 valence electrons. The van der Waals surface area contributed by atoms with E-state index in [1.165, 1.54) is 30.4 Å². The lowest BCUT2D eigenvalue weighted by atomic mass is 10.0. The van der Waals surface area contributed by atoms with Gasteiger partial charge < -0.3 is 10.1 Å². The average molecular weight is 479 g/mol. The lowest BCUT2D eigenvalue weighted by Gasteiger charge is -2.25. The second-order valence-electron chi connectivity index (χ2n) is 8.69. The Morgan fingerprint density at radius 2 is 1.68 bits per heavy atom. The number of carbonyl (C=O) groups is 1. The molecule has 0 aliphatic heterocycles. The minimum Gasteiger partial charge on any atom is -0.497 e. The molecule has 0 heterocycles. The summed E-state index contributed by atoms with van der Waals surface area (Å²) in [6.45, 7) is 3.52. The Bertz CT molecular complexity index is 1270. The minimum absolute atomic E-state index is 0.0911. The molecule has 7 heteroatoms. The highest BCUT2D eigenvalue weighted by Gasteiger charge is 2.28. The van der Waals surface area contributed by atoms with Crippen LogP contribution < -0.4 is 14.4 Å². The van der Waals surface area contributed by atoms with Crippen LogP contribution in [0.5, 0.6) is 5.75 Å². The third-order valence-corrected chi connectivity index (χ3v) is 8.04. The van der Waals surface area contributed by atoms with Gasteiger partial charge in [-0.2, -0.15) is 0 Å². The van der Waals surface area contributed by atoms with Crippen LogP contribution in [0.2, 0.25) is 0 Å². The molecular weight excluding hydrogens is 448 g/mol. The molecule has 1 aliphatic rings. The van der Waals surface area contributed by atoms with Gasteiger partial charge in [-0.1, -0.05) is 35.9 Å². The lowest BCUT2D eigenvalue weighted by Crippen LogP contribution is -2.41. The monoisotopic (exact) mass is 478 g/mol. The van der Waals surface area contributed by atoms with Crippen LogP contribution in [0.25, 0.3) is 0 Å². The first kappa shape index (κ1) is 23.8. The maximum absolute atomic E-state index is 13.5. The molecule has 0 radical (unpaired) electrons. The van der Waals surface area contributed by atoms with Crippen LogP contribution in [0.3, 0.4) is 0 Å². The van der Waals surface area contributed by atoms with Gasteiger partial charge in [0.05, 0.1) is 23.7 Å². The highest BCUT2D eigenvalue weighted by molar-refractivity contribution is 7.92. The average Bonchev–Trinajstić information content (AvgIpc) is 3.31. The van der Waals surface area contributed by atoms with Crippen molar-refractivity contribution < 1.29 is 17.9 Å². The van der Waals surface area contributed by atoms with Crippen LogP contribution in [0.1, 0.15) is 41.6 Å². The van der Waals surface area contributed by atoms with Crippen molar-refractivity contribution in [3.8, 4) is 5.75 Å². The molecule has 0 saturated heterocycles. The molecule has 1 aliphatic carbocycles. The number of hydrogen-bond donors (Lipinski definition) is 1. The first-order valence-corrected chi connectivity index (χ1v) is 12.9. The Balaban J connectivity index is 1.57. The number of benzene rings is 3. The summed E-state index contributed by atoms with van der Waals surface area (Å²) in [5, 5.41) is 2.98. The first-order valence-electron chi connectivity index (χ1n) is 11.4. The predicted molar refractivity (Wildman–Crippen MR) is 134 cm³/mol. The fraction of sp³-hybridized carbons (Fsp3) is 0.296. The quantitative estimate of drug-likeness (QED) is 0.515. The van der Waals surface area contributed by atoms with E-state index in [9.17, 15) is 13.2 Å². The molecule has 0 bridgehead atoms. The SMILES string of the molecule is COc1ccc(S(=O)(=O)N(CC(=O)N[C@@H](C)c2ccc3c(c2)CCC3)c2ccc(C)cc2)cc1. The van der Waals surface area contributed by atoms with E-state index in [2.05, 4.69) is 17.4 Å². The van der Waals surface area contributed by atoms with E-state index in [1.807, 2.05) is 32.0 Å². The van der Waals surface area contributed by atoms with Gasteiger partial charge in [0.2, 0.25) is 5.91 Å². The zero-order chi connectivity index (χ0) is 24.3. The number of rotatable bonds is 8. The number of aryl methyl sites for hydroxylation is 3. The van der Waals surface area contributed by atoms with Gasteiger partial charge in [-0.25, -0.2) is 8.42 Å². The Morgan fingerprint density at radius 1 is 1.00 bits per heavy atom. The molecule has 4 rings (SSSR count). The minimum atomic E-state index is -3.98. The summed E-state index contributed by atoms with van der Waals surface area (Å²) in [5.74, 6) is 0.187. The smallest absolute Gasteiger partial charge is 0.264 e. The number of fused-ring (bicyclic) bond motifs is 1. The van der Waals surface area contributed by atoms with Gasteiger partial charge in [0.1, 0.15) is 12.3 Å². The van der Waals surface area contributed by atoms with E-state index in [4.69, 9.17) is 4.74 Å². The number of methoxy groups -OCH3 is 1. The molecule has 1 amide bonds. The van der Waals surface area contributed by atoms with E-state index in [-0.39, 0.29) is 23.4 Å². The van der Waals surface area contributed by atoms with Crippen molar-refractivity contribution in [3.63, 3.8) is 0 Å². The van der Waals surface area contributed by atoms with Crippen molar-refractivity contribution >= 4 is 21.6 Å². The number of ether oxygens (including phenoxy) is 1. The molecule has 0 aromatic heterocycles. The van der Waals surface area contributed by atoms with Crippen molar-refractivity contribution in [3.05, 3.63) is 89.0 Å². The number of nitrogens with zero attached hydrogens (tertiary/aromatic N) is 1. The van der Waals surface area contributed by atoms with Crippen molar-refractivity contribution in [2.45, 2.75) is 44.0 Å². The Labute approximate surface area is 201 Å². The summed E-state index contributed by atoms with van der Waals surface area (Å²) in [4.78, 5) is 13.1. The van der Waals surface area contributed by atoms with Crippen LogP contribution in [-0.2, 0) is 27.7 Å². The van der Waals surface area contributed by atoms with Crippen molar-refractivity contribution in [2.75, 3.05) is 18.0 Å². The van der Waals surface area contributed by atoms with Crippen molar-refractivity contribution in [1.29, 1.82) is 0 Å². The first-order chi connectivity index (χ1) is 16.3. The molecule has 1 N–H and O–H groups in total. The third-order valence-electron chi connectivity index (χ3n) is 6.26. The highest BCUT2D eigenvalue weighted by atomic mass is 32.2. The van der Waals surface area contributed by atoms with Gasteiger partial charge in [-0.3, -0.25) is 9.10 Å². The normalized spacial score (nSPS) is 13.7. The summed E-state index contributed by atoms with van der Waals surface area (Å²) < 4.78 is 33.4. The van der Waals surface area contributed by atoms with E-state index in [1.54, 1.807) is 24.3 Å². The van der Waals surface area contributed by atoms with Gasteiger partial charge in [-0.15, -0.1) is 0 Å². The lowest BCUT2D eigenvalue weighted by molar-refractivity contribution is -0.120. The van der Waals surface area contributed by atoms with Crippen LogP contribution in [0, 0.1) is 6.92 Å². The summed E-state index contributed by atoms with van der Waals surface area (Å²) in [6, 6.07) is 19.3. The molecule has 0 spiro atoms. The van der Waals surface area contributed by atoms with Gasteiger partial charge in [0, 0.05) is 0 Å².